The number of ether oxygens (including phenoxy) is 2. The van der Waals surface area contributed by atoms with E-state index in [9.17, 15) is 4.79 Å². The summed E-state index contributed by atoms with van der Waals surface area (Å²) in [6, 6.07) is 0.336. The van der Waals surface area contributed by atoms with Gasteiger partial charge < -0.3 is 25.4 Å². The third-order valence-corrected chi connectivity index (χ3v) is 7.28. The zero-order valence-electron chi connectivity index (χ0n) is 20.4. The van der Waals surface area contributed by atoms with Crippen LogP contribution in [0.4, 0.5) is 11.8 Å². The number of anilines is 2. The SMILES string of the molecule is C[C@@H]1C[C@@H]1COc1nc(C(=O)N[C@H](C)C2CC2)nc(N2CCC(COc3cncnc3N)CC2)n1. The smallest absolute Gasteiger partial charge is 0.321 e. The molecule has 3 atom stereocenters. The van der Waals surface area contributed by atoms with Crippen molar-refractivity contribution >= 4 is 17.7 Å². The van der Waals surface area contributed by atoms with Gasteiger partial charge in [-0.15, -0.1) is 0 Å². The van der Waals surface area contributed by atoms with Crippen molar-refractivity contribution in [2.75, 3.05) is 36.9 Å². The van der Waals surface area contributed by atoms with Gasteiger partial charge in [-0.3, -0.25) is 4.79 Å². The maximum Gasteiger partial charge on any atom is 0.321 e. The van der Waals surface area contributed by atoms with E-state index in [0.29, 0.717) is 54.4 Å². The molecule has 0 aromatic carbocycles. The first kappa shape index (κ1) is 23.5. The van der Waals surface area contributed by atoms with Gasteiger partial charge in [-0.05, 0) is 62.7 Å². The molecule has 2 aromatic heterocycles. The molecule has 3 heterocycles. The molecule has 2 aromatic rings. The van der Waals surface area contributed by atoms with E-state index in [4.69, 9.17) is 15.2 Å². The van der Waals surface area contributed by atoms with Crippen molar-refractivity contribution in [3.05, 3.63) is 18.3 Å². The Labute approximate surface area is 205 Å². The lowest BCUT2D eigenvalue weighted by molar-refractivity contribution is 0.0923. The number of amides is 1. The molecule has 3 aliphatic rings. The summed E-state index contributed by atoms with van der Waals surface area (Å²) in [6.45, 7) is 6.84. The van der Waals surface area contributed by atoms with Gasteiger partial charge in [0.05, 0.1) is 19.4 Å². The normalized spacial score (nSPS) is 23.0. The van der Waals surface area contributed by atoms with Crippen molar-refractivity contribution in [1.82, 2.24) is 30.2 Å². The summed E-state index contributed by atoms with van der Waals surface area (Å²) in [7, 11) is 0. The van der Waals surface area contributed by atoms with Gasteiger partial charge >= 0.3 is 6.01 Å². The number of hydrogen-bond donors (Lipinski definition) is 2. The third-order valence-electron chi connectivity index (χ3n) is 7.28. The second-order valence-electron chi connectivity index (χ2n) is 10.1. The number of carbonyl (C=O) groups excluding carboxylic acids is 1. The molecule has 2 aliphatic carbocycles. The van der Waals surface area contributed by atoms with Gasteiger partial charge in [0, 0.05) is 19.1 Å². The molecule has 1 amide bonds. The quantitative estimate of drug-likeness (QED) is 0.517. The van der Waals surface area contributed by atoms with Crippen LogP contribution in [0.15, 0.2) is 12.5 Å². The summed E-state index contributed by atoms with van der Waals surface area (Å²) in [5.41, 5.74) is 5.84. The second kappa shape index (κ2) is 10.2. The first-order valence-electron chi connectivity index (χ1n) is 12.6. The van der Waals surface area contributed by atoms with Crippen molar-refractivity contribution in [3.8, 4) is 11.8 Å². The average molecular weight is 483 g/mol. The lowest BCUT2D eigenvalue weighted by Gasteiger charge is -2.32. The number of piperidine rings is 1. The van der Waals surface area contributed by atoms with E-state index >= 15 is 0 Å². The molecular weight excluding hydrogens is 448 g/mol. The van der Waals surface area contributed by atoms with Crippen molar-refractivity contribution in [2.24, 2.45) is 23.7 Å². The molecule has 0 bridgehead atoms. The maximum absolute atomic E-state index is 12.9. The molecule has 0 radical (unpaired) electrons. The van der Waals surface area contributed by atoms with E-state index in [1.807, 2.05) is 6.92 Å². The fraction of sp³-hybridized carbons (Fsp3) is 0.667. The van der Waals surface area contributed by atoms with E-state index < -0.39 is 0 Å². The Morgan fingerprint density at radius 3 is 2.63 bits per heavy atom. The third kappa shape index (κ3) is 6.07. The summed E-state index contributed by atoms with van der Waals surface area (Å²) in [4.78, 5) is 36.3. The minimum absolute atomic E-state index is 0.110. The summed E-state index contributed by atoms with van der Waals surface area (Å²) in [6.07, 6.45) is 8.24. The van der Waals surface area contributed by atoms with Crippen LogP contribution in [0, 0.1) is 23.7 Å². The predicted octanol–water partition coefficient (Wildman–Crippen LogP) is 2.10. The minimum Gasteiger partial charge on any atom is -0.488 e. The van der Waals surface area contributed by atoms with Gasteiger partial charge in [0.25, 0.3) is 5.91 Å². The van der Waals surface area contributed by atoms with Crippen LogP contribution in [0.1, 0.15) is 56.6 Å². The van der Waals surface area contributed by atoms with Crippen molar-refractivity contribution in [1.29, 1.82) is 0 Å². The zero-order valence-corrected chi connectivity index (χ0v) is 20.4. The van der Waals surface area contributed by atoms with E-state index in [-0.39, 0.29) is 23.8 Å². The summed E-state index contributed by atoms with van der Waals surface area (Å²) >= 11 is 0. The number of rotatable bonds is 10. The Kier molecular flexibility index (Phi) is 6.83. The summed E-state index contributed by atoms with van der Waals surface area (Å²) < 4.78 is 11.7. The largest absolute Gasteiger partial charge is 0.488 e. The fourth-order valence-corrected chi connectivity index (χ4v) is 4.40. The molecule has 11 heteroatoms. The van der Waals surface area contributed by atoms with Gasteiger partial charge in [0.15, 0.2) is 11.6 Å². The number of carbonyl (C=O) groups is 1. The molecule has 0 unspecified atom stereocenters. The fourth-order valence-electron chi connectivity index (χ4n) is 4.40. The van der Waals surface area contributed by atoms with Crippen LogP contribution in [0.3, 0.4) is 0 Å². The van der Waals surface area contributed by atoms with E-state index in [0.717, 1.165) is 45.2 Å². The predicted molar refractivity (Wildman–Crippen MR) is 129 cm³/mol. The van der Waals surface area contributed by atoms with Crippen molar-refractivity contribution in [2.45, 2.75) is 52.0 Å². The van der Waals surface area contributed by atoms with Crippen LogP contribution in [0.2, 0.25) is 0 Å². The number of aromatic nitrogens is 5. The molecule has 11 nitrogen and oxygen atoms in total. The Bertz CT molecular complexity index is 1040. The average Bonchev–Trinajstić information content (AvgIpc) is 3.79. The molecule has 0 spiro atoms. The van der Waals surface area contributed by atoms with Crippen LogP contribution in [-0.4, -0.2) is 63.2 Å². The standard InChI is InChI=1S/C24H34N8O3/c1-14-9-18(14)12-35-24-30-21(22(33)28-15(2)17-3-4-17)29-23(31-24)32-7-5-16(6-8-32)11-34-19-10-26-13-27-20(19)25/h10,13-18H,3-9,11-12H2,1-2H3,(H,28,33)(H2,25,26,27)/t14-,15-,18-/m1/s1. The molecule has 2 saturated carbocycles. The highest BCUT2D eigenvalue weighted by Gasteiger charge is 2.34. The molecule has 1 aliphatic heterocycles. The van der Waals surface area contributed by atoms with Crippen LogP contribution >= 0.6 is 0 Å². The lowest BCUT2D eigenvalue weighted by Crippen LogP contribution is -2.38. The molecule has 5 rings (SSSR count). The highest BCUT2D eigenvalue weighted by atomic mass is 16.5. The number of hydrogen-bond acceptors (Lipinski definition) is 10. The number of nitrogens with one attached hydrogen (secondary N) is 1. The second-order valence-corrected chi connectivity index (χ2v) is 10.1. The summed E-state index contributed by atoms with van der Waals surface area (Å²) in [5, 5.41) is 3.04. The first-order chi connectivity index (χ1) is 17.0. The lowest BCUT2D eigenvalue weighted by atomic mass is 9.98. The molecule has 35 heavy (non-hydrogen) atoms. The van der Waals surface area contributed by atoms with Crippen molar-refractivity contribution in [3.63, 3.8) is 0 Å². The van der Waals surface area contributed by atoms with Crippen LogP contribution in [0.25, 0.3) is 0 Å². The van der Waals surface area contributed by atoms with Gasteiger partial charge in [-0.25, -0.2) is 9.97 Å². The van der Waals surface area contributed by atoms with Gasteiger partial charge in [-0.2, -0.15) is 15.0 Å². The monoisotopic (exact) mass is 482 g/mol. The van der Waals surface area contributed by atoms with Gasteiger partial charge in [-0.1, -0.05) is 6.92 Å². The highest BCUT2D eigenvalue weighted by Crippen LogP contribution is 2.37. The molecule has 3 N–H and O–H groups in total. The Morgan fingerprint density at radius 2 is 1.94 bits per heavy atom. The van der Waals surface area contributed by atoms with Crippen LogP contribution < -0.4 is 25.4 Å². The molecule has 188 valence electrons. The van der Waals surface area contributed by atoms with Gasteiger partial charge in [0.2, 0.25) is 11.8 Å². The molecular formula is C24H34N8O3. The number of nitrogen functional groups attached to an aromatic ring is 1. The van der Waals surface area contributed by atoms with E-state index in [1.54, 1.807) is 6.20 Å². The van der Waals surface area contributed by atoms with E-state index in [1.165, 1.54) is 6.33 Å². The Balaban J connectivity index is 1.22. The van der Waals surface area contributed by atoms with Crippen LogP contribution in [0.5, 0.6) is 11.8 Å². The first-order valence-corrected chi connectivity index (χ1v) is 12.6. The highest BCUT2D eigenvalue weighted by molar-refractivity contribution is 5.91. The van der Waals surface area contributed by atoms with Crippen LogP contribution in [-0.2, 0) is 0 Å². The Hall–Kier alpha value is -3.24. The molecule has 1 saturated heterocycles. The topological polar surface area (TPSA) is 141 Å². The number of nitrogens with zero attached hydrogens (tertiary/aromatic N) is 6. The number of nitrogens with two attached hydrogens (primary N) is 1. The summed E-state index contributed by atoms with van der Waals surface area (Å²) in [5.74, 6) is 3.29. The minimum atomic E-state index is -0.274. The zero-order chi connectivity index (χ0) is 24.4. The van der Waals surface area contributed by atoms with E-state index in [2.05, 4.69) is 42.1 Å². The molecule has 3 fully saturated rings. The Morgan fingerprint density at radius 1 is 1.17 bits per heavy atom. The van der Waals surface area contributed by atoms with Crippen molar-refractivity contribution < 1.29 is 14.3 Å². The maximum atomic E-state index is 12.9. The van der Waals surface area contributed by atoms with Gasteiger partial charge in [0.1, 0.15) is 6.33 Å².